The average Bonchev–Trinajstić information content (AvgIpc) is 2.42. The molecular formula is C17H24N2O2. The van der Waals surface area contributed by atoms with Crippen LogP contribution in [0.3, 0.4) is 0 Å². The molecule has 1 saturated heterocycles. The van der Waals surface area contributed by atoms with Gasteiger partial charge in [-0.05, 0) is 32.3 Å². The predicted octanol–water partition coefficient (Wildman–Crippen LogP) is 2.43. The van der Waals surface area contributed by atoms with E-state index in [1.165, 1.54) is 5.56 Å². The molecule has 3 unspecified atom stereocenters. The summed E-state index contributed by atoms with van der Waals surface area (Å²) in [4.78, 5) is 26.6. The van der Waals surface area contributed by atoms with Crippen LogP contribution in [0.4, 0.5) is 0 Å². The van der Waals surface area contributed by atoms with E-state index in [2.05, 4.69) is 5.32 Å². The van der Waals surface area contributed by atoms with E-state index in [4.69, 9.17) is 0 Å². The number of hydrogen-bond acceptors (Lipinski definition) is 2. The van der Waals surface area contributed by atoms with Gasteiger partial charge in [-0.3, -0.25) is 9.59 Å². The van der Waals surface area contributed by atoms with Crippen molar-refractivity contribution in [2.45, 2.75) is 52.7 Å². The van der Waals surface area contributed by atoms with Gasteiger partial charge in [0.05, 0.1) is 6.04 Å². The minimum absolute atomic E-state index is 0.0126. The number of nitrogens with zero attached hydrogens (tertiary/aromatic N) is 1. The Morgan fingerprint density at radius 3 is 2.19 bits per heavy atom. The van der Waals surface area contributed by atoms with Crippen LogP contribution in [0.5, 0.6) is 0 Å². The number of benzene rings is 1. The van der Waals surface area contributed by atoms with Crippen molar-refractivity contribution in [3.05, 3.63) is 35.4 Å². The summed E-state index contributed by atoms with van der Waals surface area (Å²) in [6.07, 6.45) is 0. The molecule has 1 aromatic carbocycles. The Kier molecular flexibility index (Phi) is 4.35. The van der Waals surface area contributed by atoms with Crippen LogP contribution in [0.1, 0.15) is 44.9 Å². The van der Waals surface area contributed by atoms with Crippen molar-refractivity contribution in [2.24, 2.45) is 5.92 Å². The van der Waals surface area contributed by atoms with E-state index in [0.717, 1.165) is 5.56 Å². The highest BCUT2D eigenvalue weighted by Gasteiger charge is 2.42. The van der Waals surface area contributed by atoms with E-state index in [-0.39, 0.29) is 23.8 Å². The van der Waals surface area contributed by atoms with Crippen molar-refractivity contribution < 1.29 is 9.59 Å². The molecule has 1 aliphatic rings. The van der Waals surface area contributed by atoms with Crippen molar-refractivity contribution in [3.8, 4) is 0 Å². The third-order valence-corrected chi connectivity index (χ3v) is 4.16. The zero-order chi connectivity index (χ0) is 15.7. The summed E-state index contributed by atoms with van der Waals surface area (Å²) in [5, 5.41) is 2.78. The van der Waals surface area contributed by atoms with Gasteiger partial charge in [-0.15, -0.1) is 0 Å². The van der Waals surface area contributed by atoms with E-state index >= 15 is 0 Å². The molecule has 0 saturated carbocycles. The van der Waals surface area contributed by atoms with Crippen LogP contribution in [0, 0.1) is 12.8 Å². The molecule has 1 aliphatic heterocycles. The van der Waals surface area contributed by atoms with Crippen molar-refractivity contribution in [1.82, 2.24) is 10.2 Å². The van der Waals surface area contributed by atoms with Crippen molar-refractivity contribution in [3.63, 3.8) is 0 Å². The van der Waals surface area contributed by atoms with Gasteiger partial charge in [0.1, 0.15) is 12.1 Å². The van der Waals surface area contributed by atoms with Crippen LogP contribution in [-0.4, -0.2) is 28.8 Å². The van der Waals surface area contributed by atoms with Gasteiger partial charge in [0.15, 0.2) is 0 Å². The molecule has 21 heavy (non-hydrogen) atoms. The fraction of sp³-hybridized carbons (Fsp3) is 0.529. The molecule has 2 amide bonds. The number of piperazine rings is 1. The molecule has 0 spiro atoms. The highest BCUT2D eigenvalue weighted by atomic mass is 16.2. The lowest BCUT2D eigenvalue weighted by molar-refractivity contribution is -0.153. The summed E-state index contributed by atoms with van der Waals surface area (Å²) in [5.74, 6) is 0.00628. The average molecular weight is 288 g/mol. The van der Waals surface area contributed by atoms with Crippen LogP contribution in [0.25, 0.3) is 0 Å². The van der Waals surface area contributed by atoms with Gasteiger partial charge in [0.25, 0.3) is 0 Å². The fourth-order valence-electron chi connectivity index (χ4n) is 2.91. The molecule has 1 aromatic rings. The lowest BCUT2D eigenvalue weighted by Crippen LogP contribution is -2.64. The second-order valence-corrected chi connectivity index (χ2v) is 6.25. The SMILES string of the molecule is Cc1ccc(C(C)N2C(=O)C(C)NC(=O)C2C(C)C)cc1. The van der Waals surface area contributed by atoms with E-state index in [1.807, 2.05) is 52.0 Å². The fourth-order valence-corrected chi connectivity index (χ4v) is 2.91. The van der Waals surface area contributed by atoms with E-state index in [1.54, 1.807) is 11.8 Å². The van der Waals surface area contributed by atoms with Gasteiger partial charge in [-0.25, -0.2) is 0 Å². The lowest BCUT2D eigenvalue weighted by Gasteiger charge is -2.43. The zero-order valence-corrected chi connectivity index (χ0v) is 13.4. The summed E-state index contributed by atoms with van der Waals surface area (Å²) in [5.41, 5.74) is 2.24. The summed E-state index contributed by atoms with van der Waals surface area (Å²) in [6, 6.07) is 7.15. The van der Waals surface area contributed by atoms with E-state index in [9.17, 15) is 9.59 Å². The first kappa shape index (κ1) is 15.5. The van der Waals surface area contributed by atoms with Crippen LogP contribution in [0.15, 0.2) is 24.3 Å². The number of aryl methyl sites for hydroxylation is 1. The number of hydrogen-bond donors (Lipinski definition) is 1. The van der Waals surface area contributed by atoms with Crippen molar-refractivity contribution >= 4 is 11.8 Å². The van der Waals surface area contributed by atoms with Gasteiger partial charge in [0.2, 0.25) is 11.8 Å². The molecule has 1 fully saturated rings. The van der Waals surface area contributed by atoms with Crippen LogP contribution in [-0.2, 0) is 9.59 Å². The minimum atomic E-state index is -0.458. The molecule has 0 aliphatic carbocycles. The smallest absolute Gasteiger partial charge is 0.246 e. The monoisotopic (exact) mass is 288 g/mol. The van der Waals surface area contributed by atoms with E-state index < -0.39 is 12.1 Å². The molecule has 0 radical (unpaired) electrons. The van der Waals surface area contributed by atoms with Crippen molar-refractivity contribution in [2.75, 3.05) is 0 Å². The maximum Gasteiger partial charge on any atom is 0.246 e. The van der Waals surface area contributed by atoms with Gasteiger partial charge in [-0.2, -0.15) is 0 Å². The summed E-state index contributed by atoms with van der Waals surface area (Å²) >= 11 is 0. The maximum absolute atomic E-state index is 12.6. The van der Waals surface area contributed by atoms with Crippen LogP contribution < -0.4 is 5.32 Å². The Morgan fingerprint density at radius 1 is 1.10 bits per heavy atom. The third kappa shape index (κ3) is 2.94. The number of rotatable bonds is 3. The first-order valence-electron chi connectivity index (χ1n) is 7.52. The number of nitrogens with one attached hydrogen (secondary N) is 1. The predicted molar refractivity (Wildman–Crippen MR) is 82.7 cm³/mol. The second-order valence-electron chi connectivity index (χ2n) is 6.25. The standard InChI is InChI=1S/C17H24N2O2/c1-10(2)15-16(20)18-12(4)17(21)19(15)13(5)14-8-6-11(3)7-9-14/h6-10,12-13,15H,1-5H3,(H,18,20). The number of carbonyl (C=O) groups is 2. The summed E-state index contributed by atoms with van der Waals surface area (Å²) < 4.78 is 0. The molecular weight excluding hydrogens is 264 g/mol. The Morgan fingerprint density at radius 2 is 1.67 bits per heavy atom. The summed E-state index contributed by atoms with van der Waals surface area (Å²) in [6.45, 7) is 9.71. The lowest BCUT2D eigenvalue weighted by atomic mass is 9.93. The van der Waals surface area contributed by atoms with Gasteiger partial charge in [-0.1, -0.05) is 43.7 Å². The van der Waals surface area contributed by atoms with Gasteiger partial charge in [0, 0.05) is 0 Å². The molecule has 4 heteroatoms. The van der Waals surface area contributed by atoms with Gasteiger partial charge >= 0.3 is 0 Å². The molecule has 4 nitrogen and oxygen atoms in total. The normalized spacial score (nSPS) is 24.2. The highest BCUT2D eigenvalue weighted by Crippen LogP contribution is 2.29. The topological polar surface area (TPSA) is 49.4 Å². The van der Waals surface area contributed by atoms with Crippen molar-refractivity contribution in [1.29, 1.82) is 0 Å². The summed E-state index contributed by atoms with van der Waals surface area (Å²) in [7, 11) is 0. The Bertz CT molecular complexity index is 536. The van der Waals surface area contributed by atoms with Crippen LogP contribution >= 0.6 is 0 Å². The Hall–Kier alpha value is -1.84. The van der Waals surface area contributed by atoms with Gasteiger partial charge < -0.3 is 10.2 Å². The van der Waals surface area contributed by atoms with E-state index in [0.29, 0.717) is 0 Å². The Labute approximate surface area is 126 Å². The van der Waals surface area contributed by atoms with Crippen LogP contribution in [0.2, 0.25) is 0 Å². The number of carbonyl (C=O) groups excluding carboxylic acids is 2. The molecule has 114 valence electrons. The Balaban J connectivity index is 2.37. The molecule has 1 N–H and O–H groups in total. The molecule has 2 rings (SSSR count). The second kappa shape index (κ2) is 5.88. The first-order chi connectivity index (χ1) is 9.82. The zero-order valence-electron chi connectivity index (χ0n) is 13.4. The first-order valence-corrected chi connectivity index (χ1v) is 7.52. The highest BCUT2D eigenvalue weighted by molar-refractivity contribution is 5.97. The maximum atomic E-state index is 12.6. The molecule has 1 heterocycles. The molecule has 0 bridgehead atoms. The minimum Gasteiger partial charge on any atom is -0.343 e. The molecule has 3 atom stereocenters. The largest absolute Gasteiger partial charge is 0.343 e. The third-order valence-electron chi connectivity index (χ3n) is 4.16. The number of amides is 2. The molecule has 0 aromatic heterocycles. The quantitative estimate of drug-likeness (QED) is 0.928.